The quantitative estimate of drug-likeness (QED) is 0.502. The summed E-state index contributed by atoms with van der Waals surface area (Å²) < 4.78 is 10.8. The molecular weight excluding hydrogens is 304 g/mol. The van der Waals surface area contributed by atoms with Crippen LogP contribution in [-0.4, -0.2) is 64.9 Å². The van der Waals surface area contributed by atoms with Gasteiger partial charge in [-0.2, -0.15) is 0 Å². The Morgan fingerprint density at radius 2 is 2.04 bits per heavy atom. The van der Waals surface area contributed by atoms with Gasteiger partial charge in [-0.3, -0.25) is 4.99 Å². The second-order valence-corrected chi connectivity index (χ2v) is 5.69. The second-order valence-electron chi connectivity index (χ2n) is 5.69. The molecule has 0 spiro atoms. The van der Waals surface area contributed by atoms with E-state index >= 15 is 0 Å². The number of hydrogen-bond acceptors (Lipinski definition) is 4. The molecule has 0 radical (unpaired) electrons. The van der Waals surface area contributed by atoms with Crippen molar-refractivity contribution in [3.63, 3.8) is 0 Å². The highest BCUT2D eigenvalue weighted by molar-refractivity contribution is 5.79. The Hall–Kier alpha value is -1.79. The first kappa shape index (κ1) is 20.3. The van der Waals surface area contributed by atoms with Gasteiger partial charge in [-0.05, 0) is 32.5 Å². The largest absolute Gasteiger partial charge is 0.494 e. The summed E-state index contributed by atoms with van der Waals surface area (Å²) in [4.78, 5) is 6.48. The molecule has 6 heteroatoms. The van der Waals surface area contributed by atoms with Gasteiger partial charge in [-0.1, -0.05) is 12.1 Å². The Bertz CT molecular complexity index is 506. The van der Waals surface area contributed by atoms with Crippen LogP contribution in [0.3, 0.4) is 0 Å². The van der Waals surface area contributed by atoms with Gasteiger partial charge < -0.3 is 25.0 Å². The van der Waals surface area contributed by atoms with E-state index in [0.717, 1.165) is 43.5 Å². The molecule has 0 aliphatic heterocycles. The van der Waals surface area contributed by atoms with E-state index in [0.29, 0.717) is 13.2 Å². The van der Waals surface area contributed by atoms with E-state index in [1.807, 2.05) is 6.92 Å². The van der Waals surface area contributed by atoms with Crippen molar-refractivity contribution in [3.8, 4) is 5.75 Å². The fraction of sp³-hybridized carbons (Fsp3) is 0.611. The smallest absolute Gasteiger partial charge is 0.191 e. The fourth-order valence-electron chi connectivity index (χ4n) is 2.22. The molecule has 0 unspecified atom stereocenters. The molecule has 6 nitrogen and oxygen atoms in total. The Morgan fingerprint density at radius 1 is 1.25 bits per heavy atom. The van der Waals surface area contributed by atoms with Crippen molar-refractivity contribution in [3.05, 3.63) is 29.3 Å². The number of methoxy groups -OCH3 is 1. The van der Waals surface area contributed by atoms with Gasteiger partial charge in [0.1, 0.15) is 5.75 Å². The monoisotopic (exact) mass is 336 g/mol. The normalized spacial score (nSPS) is 11.7. The van der Waals surface area contributed by atoms with Gasteiger partial charge in [-0.15, -0.1) is 0 Å². The summed E-state index contributed by atoms with van der Waals surface area (Å²) in [6.45, 7) is 8.83. The summed E-state index contributed by atoms with van der Waals surface area (Å²) >= 11 is 0. The van der Waals surface area contributed by atoms with Gasteiger partial charge in [0.15, 0.2) is 5.96 Å². The Kier molecular flexibility index (Phi) is 9.88. The van der Waals surface area contributed by atoms with E-state index in [9.17, 15) is 0 Å². The molecule has 136 valence electrons. The number of guanidine groups is 1. The summed E-state index contributed by atoms with van der Waals surface area (Å²) in [5.41, 5.74) is 2.33. The lowest BCUT2D eigenvalue weighted by atomic mass is 10.1. The number of nitrogens with zero attached hydrogens (tertiary/aromatic N) is 2. The zero-order valence-corrected chi connectivity index (χ0v) is 15.7. The molecule has 0 bridgehead atoms. The number of hydrogen-bond donors (Lipinski definition) is 2. The summed E-state index contributed by atoms with van der Waals surface area (Å²) in [5.74, 6) is 1.72. The molecule has 0 atom stereocenters. The van der Waals surface area contributed by atoms with Gasteiger partial charge in [0.05, 0.1) is 13.2 Å². The SMILES string of the molecule is CCOc1cc(C)ccc1CNC(=NC)NCCN(C)CCOC. The lowest BCUT2D eigenvalue weighted by molar-refractivity contribution is 0.162. The third kappa shape index (κ3) is 7.66. The summed E-state index contributed by atoms with van der Waals surface area (Å²) in [5, 5.41) is 6.66. The van der Waals surface area contributed by atoms with Crippen LogP contribution in [0.15, 0.2) is 23.2 Å². The number of nitrogens with one attached hydrogen (secondary N) is 2. The number of benzene rings is 1. The van der Waals surface area contributed by atoms with Crippen molar-refractivity contribution in [2.24, 2.45) is 4.99 Å². The lowest BCUT2D eigenvalue weighted by Crippen LogP contribution is -2.41. The number of ether oxygens (including phenoxy) is 2. The van der Waals surface area contributed by atoms with E-state index in [-0.39, 0.29) is 0 Å². The van der Waals surface area contributed by atoms with Crippen molar-refractivity contribution in [2.75, 3.05) is 54.1 Å². The Balaban J connectivity index is 2.44. The Labute approximate surface area is 146 Å². The third-order valence-corrected chi connectivity index (χ3v) is 3.66. The standard InChI is InChI=1S/C18H32N4O2/c1-6-24-17-13-15(2)7-8-16(17)14-21-18(19-3)20-9-10-22(4)11-12-23-5/h7-8,13H,6,9-12,14H2,1-5H3,(H2,19,20,21). The van der Waals surface area contributed by atoms with Gasteiger partial charge in [0.2, 0.25) is 0 Å². The molecule has 0 saturated carbocycles. The van der Waals surface area contributed by atoms with Crippen LogP contribution >= 0.6 is 0 Å². The highest BCUT2D eigenvalue weighted by atomic mass is 16.5. The van der Waals surface area contributed by atoms with E-state index in [2.05, 4.69) is 52.7 Å². The van der Waals surface area contributed by atoms with E-state index in [4.69, 9.17) is 9.47 Å². The van der Waals surface area contributed by atoms with E-state index in [1.165, 1.54) is 5.56 Å². The average molecular weight is 336 g/mol. The van der Waals surface area contributed by atoms with Crippen LogP contribution in [0.25, 0.3) is 0 Å². The second kappa shape index (κ2) is 11.7. The highest BCUT2D eigenvalue weighted by Crippen LogP contribution is 2.20. The molecule has 0 fully saturated rings. The predicted molar refractivity (Wildman–Crippen MR) is 99.9 cm³/mol. The van der Waals surface area contributed by atoms with E-state index < -0.39 is 0 Å². The predicted octanol–water partition coefficient (Wildman–Crippen LogP) is 1.64. The van der Waals surface area contributed by atoms with Gasteiger partial charge in [0, 0.05) is 45.9 Å². The molecule has 0 aliphatic rings. The summed E-state index contributed by atoms with van der Waals surface area (Å²) in [6, 6.07) is 6.26. The van der Waals surface area contributed by atoms with Crippen LogP contribution in [0.1, 0.15) is 18.1 Å². The minimum atomic E-state index is 0.664. The molecule has 0 aliphatic carbocycles. The fourth-order valence-corrected chi connectivity index (χ4v) is 2.22. The first-order chi connectivity index (χ1) is 11.6. The maximum absolute atomic E-state index is 5.72. The first-order valence-corrected chi connectivity index (χ1v) is 8.45. The van der Waals surface area contributed by atoms with Crippen LogP contribution < -0.4 is 15.4 Å². The molecule has 1 rings (SSSR count). The molecule has 24 heavy (non-hydrogen) atoms. The zero-order chi connectivity index (χ0) is 17.8. The zero-order valence-electron chi connectivity index (χ0n) is 15.7. The van der Waals surface area contributed by atoms with Crippen molar-refractivity contribution in [1.29, 1.82) is 0 Å². The molecule has 1 aromatic carbocycles. The lowest BCUT2D eigenvalue weighted by Gasteiger charge is -2.18. The molecule has 0 heterocycles. The van der Waals surface area contributed by atoms with Crippen LogP contribution in [0.5, 0.6) is 5.75 Å². The molecular formula is C18H32N4O2. The third-order valence-electron chi connectivity index (χ3n) is 3.66. The maximum atomic E-state index is 5.72. The molecule has 0 saturated heterocycles. The maximum Gasteiger partial charge on any atom is 0.191 e. The number of aliphatic imine (C=N–C) groups is 1. The van der Waals surface area contributed by atoms with E-state index in [1.54, 1.807) is 14.2 Å². The molecule has 2 N–H and O–H groups in total. The Morgan fingerprint density at radius 3 is 2.71 bits per heavy atom. The molecule has 0 amide bonds. The van der Waals surface area contributed by atoms with Crippen molar-refractivity contribution >= 4 is 5.96 Å². The summed E-state index contributed by atoms with van der Waals surface area (Å²) in [6.07, 6.45) is 0. The minimum absolute atomic E-state index is 0.664. The van der Waals surface area contributed by atoms with Gasteiger partial charge in [-0.25, -0.2) is 0 Å². The molecule has 1 aromatic rings. The molecule has 0 aromatic heterocycles. The van der Waals surface area contributed by atoms with Crippen LogP contribution in [-0.2, 0) is 11.3 Å². The van der Waals surface area contributed by atoms with Crippen molar-refractivity contribution in [2.45, 2.75) is 20.4 Å². The topological polar surface area (TPSA) is 58.1 Å². The number of rotatable bonds is 10. The number of aryl methyl sites for hydroxylation is 1. The number of likely N-dealkylation sites (N-methyl/N-ethyl adjacent to an activating group) is 1. The van der Waals surface area contributed by atoms with Crippen molar-refractivity contribution < 1.29 is 9.47 Å². The van der Waals surface area contributed by atoms with Gasteiger partial charge >= 0.3 is 0 Å². The van der Waals surface area contributed by atoms with Crippen LogP contribution in [0.4, 0.5) is 0 Å². The van der Waals surface area contributed by atoms with Gasteiger partial charge in [0.25, 0.3) is 0 Å². The minimum Gasteiger partial charge on any atom is -0.494 e. The highest BCUT2D eigenvalue weighted by Gasteiger charge is 2.05. The van der Waals surface area contributed by atoms with Crippen molar-refractivity contribution in [1.82, 2.24) is 15.5 Å². The summed E-state index contributed by atoms with van der Waals surface area (Å²) in [7, 11) is 5.58. The van der Waals surface area contributed by atoms with Crippen LogP contribution in [0.2, 0.25) is 0 Å². The average Bonchev–Trinajstić information content (AvgIpc) is 2.57. The first-order valence-electron chi connectivity index (χ1n) is 8.45. The van der Waals surface area contributed by atoms with Crippen LogP contribution in [0, 0.1) is 6.92 Å².